The zero-order valence-corrected chi connectivity index (χ0v) is 6.66. The van der Waals surface area contributed by atoms with Crippen LogP contribution in [-0.2, 0) is 4.79 Å². The summed E-state index contributed by atoms with van der Waals surface area (Å²) in [6.07, 6.45) is 0.781. The van der Waals surface area contributed by atoms with Crippen LogP contribution in [0.25, 0.3) is 0 Å². The Hall–Kier alpha value is -1.13. The Labute approximate surface area is 64.9 Å². The highest BCUT2D eigenvalue weighted by molar-refractivity contribution is 5.77. The highest BCUT2D eigenvalue weighted by Gasteiger charge is 2.10. The van der Waals surface area contributed by atoms with Crippen molar-refractivity contribution in [2.45, 2.75) is 26.3 Å². The first-order valence-electron chi connectivity index (χ1n) is 3.47. The predicted octanol–water partition coefficient (Wildman–Crippen LogP) is 0.178. The predicted molar refractivity (Wildman–Crippen MR) is 39.8 cm³/mol. The van der Waals surface area contributed by atoms with Crippen molar-refractivity contribution in [3.8, 4) is 0 Å². The van der Waals surface area contributed by atoms with E-state index in [0.29, 0.717) is 0 Å². The first-order valence-corrected chi connectivity index (χ1v) is 3.47. The standard InChI is InChI=1S/C6H12N2O3/c1-3-5(2)7-6(9)4-8(10)11/h5H,3-4H2,1-2H3,(H,7,9). The molecule has 1 unspecified atom stereocenters. The Morgan fingerprint density at radius 3 is 2.64 bits per heavy atom. The first-order chi connectivity index (χ1) is 5.06. The summed E-state index contributed by atoms with van der Waals surface area (Å²) in [4.78, 5) is 19.9. The lowest BCUT2D eigenvalue weighted by Gasteiger charge is -2.07. The van der Waals surface area contributed by atoms with Crippen LogP contribution in [0.4, 0.5) is 0 Å². The fourth-order valence-corrected chi connectivity index (χ4v) is 0.540. The van der Waals surface area contributed by atoms with Crippen LogP contribution in [-0.4, -0.2) is 23.4 Å². The van der Waals surface area contributed by atoms with Crippen LogP contribution < -0.4 is 5.32 Å². The van der Waals surface area contributed by atoms with Gasteiger partial charge in [0.1, 0.15) is 0 Å². The summed E-state index contributed by atoms with van der Waals surface area (Å²) in [6, 6.07) is 0.0162. The summed E-state index contributed by atoms with van der Waals surface area (Å²) < 4.78 is 0. The number of nitro groups is 1. The van der Waals surface area contributed by atoms with Crippen molar-refractivity contribution in [1.29, 1.82) is 0 Å². The van der Waals surface area contributed by atoms with Gasteiger partial charge in [-0.05, 0) is 13.3 Å². The van der Waals surface area contributed by atoms with Gasteiger partial charge in [0.25, 0.3) is 12.5 Å². The van der Waals surface area contributed by atoms with Gasteiger partial charge in [-0.15, -0.1) is 0 Å². The molecule has 0 aromatic heterocycles. The second kappa shape index (κ2) is 4.65. The molecule has 0 aliphatic rings. The van der Waals surface area contributed by atoms with Crippen molar-refractivity contribution in [3.63, 3.8) is 0 Å². The van der Waals surface area contributed by atoms with Gasteiger partial charge in [0.05, 0.1) is 0 Å². The third-order valence-electron chi connectivity index (χ3n) is 1.29. The maximum atomic E-state index is 10.7. The Bertz CT molecular complexity index is 158. The Balaban J connectivity index is 3.60. The zero-order chi connectivity index (χ0) is 8.85. The molecule has 1 atom stereocenters. The summed E-state index contributed by atoms with van der Waals surface area (Å²) >= 11 is 0. The van der Waals surface area contributed by atoms with E-state index in [1.807, 2.05) is 6.92 Å². The number of amides is 1. The maximum absolute atomic E-state index is 10.7. The van der Waals surface area contributed by atoms with E-state index in [0.717, 1.165) is 6.42 Å². The molecule has 0 heterocycles. The van der Waals surface area contributed by atoms with Crippen molar-refractivity contribution in [3.05, 3.63) is 10.1 Å². The van der Waals surface area contributed by atoms with E-state index in [-0.39, 0.29) is 6.04 Å². The van der Waals surface area contributed by atoms with Crippen molar-refractivity contribution < 1.29 is 9.72 Å². The number of hydrogen-bond acceptors (Lipinski definition) is 3. The number of nitrogens with zero attached hydrogens (tertiary/aromatic N) is 1. The summed E-state index contributed by atoms with van der Waals surface area (Å²) in [5.74, 6) is -0.524. The molecular weight excluding hydrogens is 148 g/mol. The van der Waals surface area contributed by atoms with E-state index in [9.17, 15) is 14.9 Å². The van der Waals surface area contributed by atoms with E-state index in [1.165, 1.54) is 0 Å². The number of nitrogens with one attached hydrogen (secondary N) is 1. The minimum atomic E-state index is -0.641. The van der Waals surface area contributed by atoms with Crippen molar-refractivity contribution in [2.75, 3.05) is 6.54 Å². The molecule has 0 rings (SSSR count). The maximum Gasteiger partial charge on any atom is 0.291 e. The molecule has 0 aromatic carbocycles. The summed E-state index contributed by atoms with van der Waals surface area (Å²) in [5.41, 5.74) is 0. The van der Waals surface area contributed by atoms with E-state index >= 15 is 0 Å². The van der Waals surface area contributed by atoms with Crippen LogP contribution in [0.2, 0.25) is 0 Å². The van der Waals surface area contributed by atoms with E-state index < -0.39 is 17.4 Å². The van der Waals surface area contributed by atoms with E-state index in [4.69, 9.17) is 0 Å². The molecule has 0 radical (unpaired) electrons. The van der Waals surface area contributed by atoms with Gasteiger partial charge in [-0.1, -0.05) is 6.92 Å². The third-order valence-corrected chi connectivity index (χ3v) is 1.29. The summed E-state index contributed by atoms with van der Waals surface area (Å²) in [7, 11) is 0. The van der Waals surface area contributed by atoms with Crippen molar-refractivity contribution in [2.24, 2.45) is 0 Å². The topological polar surface area (TPSA) is 72.2 Å². The van der Waals surface area contributed by atoms with Gasteiger partial charge in [0.15, 0.2) is 0 Å². The Morgan fingerprint density at radius 1 is 1.73 bits per heavy atom. The summed E-state index contributed by atoms with van der Waals surface area (Å²) in [5, 5.41) is 12.3. The molecule has 0 bridgehead atoms. The van der Waals surface area contributed by atoms with Crippen LogP contribution in [0.3, 0.4) is 0 Å². The Kier molecular flexibility index (Phi) is 4.17. The molecule has 0 aliphatic carbocycles. The van der Waals surface area contributed by atoms with Gasteiger partial charge in [-0.25, -0.2) is 0 Å². The molecule has 11 heavy (non-hydrogen) atoms. The Morgan fingerprint density at radius 2 is 2.27 bits per heavy atom. The van der Waals surface area contributed by atoms with E-state index in [2.05, 4.69) is 5.32 Å². The van der Waals surface area contributed by atoms with E-state index in [1.54, 1.807) is 6.92 Å². The molecular formula is C6H12N2O3. The smallest absolute Gasteiger partial charge is 0.291 e. The minimum absolute atomic E-state index is 0.0162. The monoisotopic (exact) mass is 160 g/mol. The van der Waals surface area contributed by atoms with Gasteiger partial charge in [-0.3, -0.25) is 14.9 Å². The number of carbonyl (C=O) groups excluding carboxylic acids is 1. The van der Waals surface area contributed by atoms with Gasteiger partial charge in [0, 0.05) is 11.0 Å². The van der Waals surface area contributed by atoms with Crippen LogP contribution in [0.5, 0.6) is 0 Å². The molecule has 1 N–H and O–H groups in total. The van der Waals surface area contributed by atoms with Gasteiger partial charge in [0.2, 0.25) is 0 Å². The van der Waals surface area contributed by atoms with Gasteiger partial charge < -0.3 is 5.32 Å². The molecule has 0 saturated heterocycles. The SMILES string of the molecule is CCC(C)NC(=O)C[N+](=O)[O-]. The molecule has 0 saturated carbocycles. The normalized spacial score (nSPS) is 12.2. The van der Waals surface area contributed by atoms with Crippen molar-refractivity contribution >= 4 is 5.91 Å². The average Bonchev–Trinajstić information content (AvgIpc) is 1.85. The van der Waals surface area contributed by atoms with Crippen molar-refractivity contribution in [1.82, 2.24) is 5.32 Å². The van der Waals surface area contributed by atoms with Gasteiger partial charge in [-0.2, -0.15) is 0 Å². The number of carbonyl (C=O) groups is 1. The fraction of sp³-hybridized carbons (Fsp3) is 0.833. The first kappa shape index (κ1) is 9.87. The average molecular weight is 160 g/mol. The molecule has 64 valence electrons. The van der Waals surface area contributed by atoms with Crippen LogP contribution >= 0.6 is 0 Å². The molecule has 1 amide bonds. The summed E-state index contributed by atoms with van der Waals surface area (Å²) in [6.45, 7) is 3.07. The second-order valence-corrected chi connectivity index (χ2v) is 2.37. The fourth-order valence-electron chi connectivity index (χ4n) is 0.540. The quantitative estimate of drug-likeness (QED) is 0.471. The van der Waals surface area contributed by atoms with Crippen LogP contribution in [0, 0.1) is 10.1 Å². The highest BCUT2D eigenvalue weighted by Crippen LogP contribution is 1.86. The lowest BCUT2D eigenvalue weighted by Crippen LogP contribution is -2.36. The second-order valence-electron chi connectivity index (χ2n) is 2.37. The molecule has 5 heteroatoms. The molecule has 0 aromatic rings. The lowest BCUT2D eigenvalue weighted by atomic mass is 10.2. The van der Waals surface area contributed by atoms with Gasteiger partial charge >= 0.3 is 0 Å². The van der Waals surface area contributed by atoms with Crippen LogP contribution in [0.1, 0.15) is 20.3 Å². The lowest BCUT2D eigenvalue weighted by molar-refractivity contribution is -0.467. The molecule has 0 fully saturated rings. The third kappa shape index (κ3) is 5.32. The molecule has 0 aliphatic heterocycles. The molecule has 0 spiro atoms. The highest BCUT2D eigenvalue weighted by atomic mass is 16.6. The molecule has 5 nitrogen and oxygen atoms in total. The number of rotatable bonds is 4. The number of hydrogen-bond donors (Lipinski definition) is 1. The largest absolute Gasteiger partial charge is 0.348 e. The zero-order valence-electron chi connectivity index (χ0n) is 6.66. The van der Waals surface area contributed by atoms with Crippen LogP contribution in [0.15, 0.2) is 0 Å². The minimum Gasteiger partial charge on any atom is -0.348 e.